The van der Waals surface area contributed by atoms with E-state index in [-0.39, 0.29) is 5.91 Å². The largest absolute Gasteiger partial charge is 0.493 e. The number of halogens is 1. The first-order chi connectivity index (χ1) is 12.1. The molecule has 0 atom stereocenters. The zero-order valence-electron chi connectivity index (χ0n) is 14.5. The van der Waals surface area contributed by atoms with Gasteiger partial charge in [0.1, 0.15) is 0 Å². The van der Waals surface area contributed by atoms with Crippen LogP contribution in [-0.4, -0.2) is 25.8 Å². The molecule has 25 heavy (non-hydrogen) atoms. The highest BCUT2D eigenvalue weighted by atomic mass is 127. The Morgan fingerprint density at radius 2 is 2.08 bits per heavy atom. The molecule has 2 rings (SSSR count). The number of hydrazone groups is 1. The van der Waals surface area contributed by atoms with Gasteiger partial charge in [0.2, 0.25) is 0 Å². The zero-order valence-corrected chi connectivity index (χ0v) is 16.7. The lowest BCUT2D eigenvalue weighted by atomic mass is 10.1. The number of ether oxygens (including phenoxy) is 2. The molecule has 0 radical (unpaired) electrons. The van der Waals surface area contributed by atoms with Crippen LogP contribution in [0.1, 0.15) is 34.8 Å². The van der Waals surface area contributed by atoms with Crippen molar-refractivity contribution in [1.82, 2.24) is 5.43 Å². The second-order valence-corrected chi connectivity index (χ2v) is 6.56. The Morgan fingerprint density at radius 3 is 2.76 bits per heavy atom. The quantitative estimate of drug-likeness (QED) is 0.390. The minimum Gasteiger partial charge on any atom is -0.493 e. The summed E-state index contributed by atoms with van der Waals surface area (Å²) in [7, 11) is 1.60. The Bertz CT molecular complexity index is 775. The first kappa shape index (κ1) is 19.2. The van der Waals surface area contributed by atoms with Gasteiger partial charge in [-0.05, 0) is 65.3 Å². The summed E-state index contributed by atoms with van der Waals surface area (Å²) >= 11 is 2.20. The van der Waals surface area contributed by atoms with Crippen molar-refractivity contribution in [3.63, 3.8) is 0 Å². The standard InChI is InChI=1S/C19H21IN2O3/c1-4-9-25-18-16(20)10-14(11-17(18)24-3)12-21-22-19(23)15-8-6-5-7-13(15)2/h5-8,10-12H,4,9H2,1-3H3,(H,22,23)/b21-12-. The lowest BCUT2D eigenvalue weighted by Gasteiger charge is -2.12. The lowest BCUT2D eigenvalue weighted by Crippen LogP contribution is -2.18. The molecule has 0 saturated carbocycles. The van der Waals surface area contributed by atoms with Crippen LogP contribution in [0.5, 0.6) is 11.5 Å². The Labute approximate surface area is 161 Å². The fraction of sp³-hybridized carbons (Fsp3) is 0.263. The Balaban J connectivity index is 2.12. The predicted molar refractivity (Wildman–Crippen MR) is 108 cm³/mol. The highest BCUT2D eigenvalue weighted by Crippen LogP contribution is 2.33. The smallest absolute Gasteiger partial charge is 0.271 e. The van der Waals surface area contributed by atoms with Crippen molar-refractivity contribution >= 4 is 34.7 Å². The summed E-state index contributed by atoms with van der Waals surface area (Å²) in [5, 5.41) is 4.04. The number of benzene rings is 2. The summed E-state index contributed by atoms with van der Waals surface area (Å²) < 4.78 is 12.1. The van der Waals surface area contributed by atoms with Crippen LogP contribution in [-0.2, 0) is 0 Å². The second-order valence-electron chi connectivity index (χ2n) is 5.40. The minimum absolute atomic E-state index is 0.237. The fourth-order valence-electron chi connectivity index (χ4n) is 2.21. The van der Waals surface area contributed by atoms with E-state index in [0.29, 0.717) is 17.9 Å². The van der Waals surface area contributed by atoms with E-state index in [2.05, 4.69) is 40.0 Å². The molecule has 0 saturated heterocycles. The van der Waals surface area contributed by atoms with E-state index in [1.54, 1.807) is 19.4 Å². The third kappa shape index (κ3) is 5.19. The van der Waals surface area contributed by atoms with E-state index in [0.717, 1.165) is 26.9 Å². The van der Waals surface area contributed by atoms with Gasteiger partial charge in [0.25, 0.3) is 5.91 Å². The minimum atomic E-state index is -0.237. The van der Waals surface area contributed by atoms with Gasteiger partial charge in [0.05, 0.1) is 23.5 Å². The number of amides is 1. The molecule has 0 fully saturated rings. The SMILES string of the molecule is CCCOc1c(I)cc(/C=N\NC(=O)c2ccccc2C)cc1OC. The average molecular weight is 452 g/mol. The number of hydrogen-bond donors (Lipinski definition) is 1. The maximum Gasteiger partial charge on any atom is 0.271 e. The van der Waals surface area contributed by atoms with E-state index >= 15 is 0 Å². The van der Waals surface area contributed by atoms with Gasteiger partial charge in [0.15, 0.2) is 11.5 Å². The third-order valence-electron chi connectivity index (χ3n) is 3.47. The van der Waals surface area contributed by atoms with E-state index in [9.17, 15) is 4.79 Å². The van der Waals surface area contributed by atoms with Crippen molar-refractivity contribution in [2.24, 2.45) is 5.10 Å². The molecular weight excluding hydrogens is 431 g/mol. The molecule has 0 aromatic heterocycles. The molecule has 0 aliphatic carbocycles. The van der Waals surface area contributed by atoms with Gasteiger partial charge in [-0.2, -0.15) is 5.10 Å². The molecule has 5 nitrogen and oxygen atoms in total. The zero-order chi connectivity index (χ0) is 18.2. The molecule has 6 heteroatoms. The van der Waals surface area contributed by atoms with Gasteiger partial charge in [0, 0.05) is 5.56 Å². The number of methoxy groups -OCH3 is 1. The number of nitrogens with zero attached hydrogens (tertiary/aromatic N) is 1. The van der Waals surface area contributed by atoms with Crippen molar-refractivity contribution in [3.05, 3.63) is 56.7 Å². The molecule has 0 spiro atoms. The van der Waals surface area contributed by atoms with Crippen LogP contribution in [0.4, 0.5) is 0 Å². The molecule has 132 valence electrons. The van der Waals surface area contributed by atoms with Crippen molar-refractivity contribution in [3.8, 4) is 11.5 Å². The Morgan fingerprint density at radius 1 is 1.32 bits per heavy atom. The fourth-order valence-corrected chi connectivity index (χ4v) is 2.99. The van der Waals surface area contributed by atoms with Crippen LogP contribution in [0.25, 0.3) is 0 Å². The van der Waals surface area contributed by atoms with Crippen molar-refractivity contribution < 1.29 is 14.3 Å². The van der Waals surface area contributed by atoms with E-state index < -0.39 is 0 Å². The molecule has 0 aliphatic rings. The molecule has 1 N–H and O–H groups in total. The maximum absolute atomic E-state index is 12.1. The van der Waals surface area contributed by atoms with Crippen LogP contribution in [0, 0.1) is 10.5 Å². The van der Waals surface area contributed by atoms with Gasteiger partial charge >= 0.3 is 0 Å². The van der Waals surface area contributed by atoms with E-state index in [4.69, 9.17) is 9.47 Å². The maximum atomic E-state index is 12.1. The third-order valence-corrected chi connectivity index (χ3v) is 4.27. The molecule has 0 aliphatic heterocycles. The molecule has 2 aromatic rings. The second kappa shape index (κ2) is 9.41. The first-order valence-electron chi connectivity index (χ1n) is 7.96. The average Bonchev–Trinajstić information content (AvgIpc) is 2.60. The first-order valence-corrected chi connectivity index (χ1v) is 9.04. The van der Waals surface area contributed by atoms with Crippen LogP contribution < -0.4 is 14.9 Å². The molecule has 0 unspecified atom stereocenters. The van der Waals surface area contributed by atoms with Crippen molar-refractivity contribution in [2.75, 3.05) is 13.7 Å². The van der Waals surface area contributed by atoms with Crippen molar-refractivity contribution in [1.29, 1.82) is 0 Å². The Kier molecular flexibility index (Phi) is 7.24. The molecular formula is C19H21IN2O3. The summed E-state index contributed by atoms with van der Waals surface area (Å²) in [4.78, 5) is 12.1. The highest BCUT2D eigenvalue weighted by molar-refractivity contribution is 14.1. The summed E-state index contributed by atoms with van der Waals surface area (Å²) in [5.74, 6) is 1.14. The predicted octanol–water partition coefficient (Wildman–Crippen LogP) is 4.16. The highest BCUT2D eigenvalue weighted by Gasteiger charge is 2.11. The van der Waals surface area contributed by atoms with Crippen LogP contribution in [0.2, 0.25) is 0 Å². The van der Waals surface area contributed by atoms with Gasteiger partial charge in [-0.15, -0.1) is 0 Å². The number of carbonyl (C=O) groups excluding carboxylic acids is 1. The van der Waals surface area contributed by atoms with Crippen LogP contribution >= 0.6 is 22.6 Å². The van der Waals surface area contributed by atoms with Gasteiger partial charge in [-0.25, -0.2) is 5.43 Å². The van der Waals surface area contributed by atoms with E-state index in [1.165, 1.54) is 0 Å². The van der Waals surface area contributed by atoms with Gasteiger partial charge in [-0.1, -0.05) is 25.1 Å². The summed E-state index contributed by atoms with van der Waals surface area (Å²) in [5.41, 5.74) is 4.88. The van der Waals surface area contributed by atoms with Crippen LogP contribution in [0.3, 0.4) is 0 Å². The monoisotopic (exact) mass is 452 g/mol. The summed E-state index contributed by atoms with van der Waals surface area (Å²) in [6, 6.07) is 11.1. The number of nitrogens with one attached hydrogen (secondary N) is 1. The molecule has 0 heterocycles. The normalized spacial score (nSPS) is 10.7. The van der Waals surface area contributed by atoms with Gasteiger partial charge < -0.3 is 9.47 Å². The Hall–Kier alpha value is -2.09. The van der Waals surface area contributed by atoms with E-state index in [1.807, 2.05) is 37.3 Å². The summed E-state index contributed by atoms with van der Waals surface area (Å²) in [6.45, 7) is 4.57. The molecule has 2 aromatic carbocycles. The van der Waals surface area contributed by atoms with Crippen molar-refractivity contribution in [2.45, 2.75) is 20.3 Å². The van der Waals surface area contributed by atoms with Gasteiger partial charge in [-0.3, -0.25) is 4.79 Å². The number of carbonyl (C=O) groups is 1. The van der Waals surface area contributed by atoms with Crippen LogP contribution in [0.15, 0.2) is 41.5 Å². The molecule has 1 amide bonds. The number of rotatable bonds is 7. The lowest BCUT2D eigenvalue weighted by molar-refractivity contribution is 0.0954. The molecule has 0 bridgehead atoms. The topological polar surface area (TPSA) is 59.9 Å². The number of hydrogen-bond acceptors (Lipinski definition) is 4. The number of aryl methyl sites for hydroxylation is 1. The summed E-state index contributed by atoms with van der Waals surface area (Å²) in [6.07, 6.45) is 2.51.